The minimum Gasteiger partial charge on any atom is -0.508 e. The van der Waals surface area contributed by atoms with Gasteiger partial charge in [0.1, 0.15) is 23.7 Å². The number of ether oxygens (including phenoxy) is 3. The van der Waals surface area contributed by atoms with E-state index in [9.17, 15) is 10.2 Å². The van der Waals surface area contributed by atoms with E-state index in [0.717, 1.165) is 39.3 Å². The number of phenolic OH excluding ortho intramolecular Hbond substituents is 2. The van der Waals surface area contributed by atoms with Crippen LogP contribution < -0.4 is 0 Å². The molecule has 2 atom stereocenters. The molecule has 0 radical (unpaired) electrons. The third-order valence-electron chi connectivity index (χ3n) is 5.96. The summed E-state index contributed by atoms with van der Waals surface area (Å²) in [4.78, 5) is 0. The lowest BCUT2D eigenvalue weighted by Crippen LogP contribution is -2.30. The first kappa shape index (κ1) is 20.2. The number of epoxide rings is 2. The van der Waals surface area contributed by atoms with Gasteiger partial charge in [-0.2, -0.15) is 0 Å². The van der Waals surface area contributed by atoms with Crippen molar-refractivity contribution in [1.82, 2.24) is 0 Å². The summed E-state index contributed by atoms with van der Waals surface area (Å²) < 4.78 is 15.1. The highest BCUT2D eigenvalue weighted by molar-refractivity contribution is 5.43. The summed E-state index contributed by atoms with van der Waals surface area (Å²) in [6, 6.07) is 15.2. The van der Waals surface area contributed by atoms with Crippen LogP contribution in [0.2, 0.25) is 0 Å². The molecule has 2 heterocycles. The van der Waals surface area contributed by atoms with E-state index in [1.54, 1.807) is 24.3 Å². The predicted molar refractivity (Wildman–Crippen MR) is 110 cm³/mol. The Morgan fingerprint density at radius 2 is 1.14 bits per heavy atom. The maximum absolute atomic E-state index is 9.51. The molecule has 2 N–H and O–H groups in total. The summed E-state index contributed by atoms with van der Waals surface area (Å²) in [6.07, 6.45) is 6.78. The molecule has 156 valence electrons. The lowest BCUT2D eigenvalue weighted by atomic mass is 9.65. The average Bonchev–Trinajstić information content (AvgIpc) is 3.66. The van der Waals surface area contributed by atoms with E-state index < -0.39 is 0 Å². The van der Waals surface area contributed by atoms with Gasteiger partial charge in [0, 0.05) is 5.41 Å². The minimum atomic E-state index is 0.0274. The highest BCUT2D eigenvalue weighted by Crippen LogP contribution is 2.45. The van der Waals surface area contributed by atoms with Crippen LogP contribution in [0.1, 0.15) is 43.2 Å². The van der Waals surface area contributed by atoms with Crippen LogP contribution in [0.5, 0.6) is 11.5 Å². The van der Waals surface area contributed by atoms with Crippen molar-refractivity contribution in [2.24, 2.45) is 0 Å². The first-order valence-corrected chi connectivity index (χ1v) is 10.6. The fraction of sp³-hybridized carbons (Fsp3) is 0.500. The maximum Gasteiger partial charge on any atom is 0.115 e. The van der Waals surface area contributed by atoms with Gasteiger partial charge < -0.3 is 24.4 Å². The zero-order chi connectivity index (χ0) is 20.1. The van der Waals surface area contributed by atoms with Gasteiger partial charge in [0.25, 0.3) is 0 Å². The van der Waals surface area contributed by atoms with E-state index in [1.807, 2.05) is 24.3 Å². The van der Waals surface area contributed by atoms with Crippen LogP contribution in [0, 0.1) is 0 Å². The maximum atomic E-state index is 9.51. The fourth-order valence-electron chi connectivity index (χ4n) is 4.12. The molecular weight excluding hydrogens is 368 g/mol. The Hall–Kier alpha value is -2.08. The molecule has 0 aromatic heterocycles. The zero-order valence-electron chi connectivity index (χ0n) is 16.8. The van der Waals surface area contributed by atoms with Crippen molar-refractivity contribution in [3.63, 3.8) is 0 Å². The molecule has 0 bridgehead atoms. The summed E-state index contributed by atoms with van der Waals surface area (Å²) in [7, 11) is 0. The first-order chi connectivity index (χ1) is 14.2. The van der Waals surface area contributed by atoms with E-state index in [1.165, 1.54) is 30.4 Å². The van der Waals surface area contributed by atoms with Crippen LogP contribution in [0.15, 0.2) is 48.5 Å². The van der Waals surface area contributed by atoms with Gasteiger partial charge in [-0.05, 0) is 48.2 Å². The molecule has 5 heteroatoms. The zero-order valence-corrected chi connectivity index (χ0v) is 16.8. The third-order valence-corrected chi connectivity index (χ3v) is 5.96. The van der Waals surface area contributed by atoms with E-state index >= 15 is 0 Å². The van der Waals surface area contributed by atoms with E-state index in [2.05, 4.69) is 0 Å². The van der Waals surface area contributed by atoms with Crippen molar-refractivity contribution in [3.8, 4) is 11.5 Å². The molecule has 3 aliphatic rings. The topological polar surface area (TPSA) is 74.8 Å². The monoisotopic (exact) mass is 398 g/mol. The van der Waals surface area contributed by atoms with Crippen molar-refractivity contribution >= 4 is 0 Å². The van der Waals surface area contributed by atoms with Crippen LogP contribution in [0.3, 0.4) is 0 Å². The Labute approximate surface area is 172 Å². The van der Waals surface area contributed by atoms with Crippen molar-refractivity contribution < 1.29 is 24.4 Å². The average molecular weight is 398 g/mol. The Balaban J connectivity index is 0.000000188. The molecule has 2 unspecified atom stereocenters. The van der Waals surface area contributed by atoms with Crippen LogP contribution >= 0.6 is 0 Å². The number of rotatable bonds is 6. The lowest BCUT2D eigenvalue weighted by Gasteiger charge is -2.38. The van der Waals surface area contributed by atoms with Gasteiger partial charge in [-0.15, -0.1) is 0 Å². The predicted octanol–water partition coefficient (Wildman–Crippen LogP) is 4.15. The normalized spacial score (nSPS) is 24.3. The second kappa shape index (κ2) is 9.16. The number of hydrogen-bond donors (Lipinski definition) is 2. The number of hydrogen-bond acceptors (Lipinski definition) is 5. The quantitative estimate of drug-likeness (QED) is 0.715. The van der Waals surface area contributed by atoms with Crippen molar-refractivity contribution in [2.75, 3.05) is 26.4 Å². The summed E-state index contributed by atoms with van der Waals surface area (Å²) in [5.41, 5.74) is 2.56. The summed E-state index contributed by atoms with van der Waals surface area (Å²) in [5.74, 6) is 0.621. The van der Waals surface area contributed by atoms with Crippen LogP contribution in [0.4, 0.5) is 0 Å². The molecule has 2 aromatic rings. The number of aromatic hydroxyl groups is 2. The molecule has 0 amide bonds. The summed E-state index contributed by atoms with van der Waals surface area (Å²) in [5, 5.41) is 19.0. The highest BCUT2D eigenvalue weighted by atomic mass is 16.6. The molecule has 2 saturated heterocycles. The number of benzene rings is 2. The molecule has 3 fully saturated rings. The highest BCUT2D eigenvalue weighted by Gasteiger charge is 2.35. The first-order valence-electron chi connectivity index (χ1n) is 10.6. The second-order valence-electron chi connectivity index (χ2n) is 8.18. The molecule has 0 spiro atoms. The van der Waals surface area contributed by atoms with Crippen molar-refractivity contribution in [2.45, 2.75) is 49.7 Å². The van der Waals surface area contributed by atoms with Crippen molar-refractivity contribution in [3.05, 3.63) is 59.7 Å². The Kier molecular flexibility index (Phi) is 6.38. The molecule has 2 aromatic carbocycles. The molecule has 29 heavy (non-hydrogen) atoms. The smallest absolute Gasteiger partial charge is 0.115 e. The molecule has 5 nitrogen and oxygen atoms in total. The van der Waals surface area contributed by atoms with E-state index in [4.69, 9.17) is 14.2 Å². The van der Waals surface area contributed by atoms with Crippen LogP contribution in [0.25, 0.3) is 0 Å². The van der Waals surface area contributed by atoms with Gasteiger partial charge in [0.2, 0.25) is 0 Å². The summed E-state index contributed by atoms with van der Waals surface area (Å²) in [6.45, 7) is 3.26. The SMILES string of the molecule is C(OCC1CO1)C1CO1.Oc1ccc(C2(c3ccc(O)cc3)CCCCC2)cc1. The fourth-order valence-corrected chi connectivity index (χ4v) is 4.12. The van der Waals surface area contributed by atoms with Crippen molar-refractivity contribution in [1.29, 1.82) is 0 Å². The second-order valence-corrected chi connectivity index (χ2v) is 8.18. The largest absolute Gasteiger partial charge is 0.508 e. The van der Waals surface area contributed by atoms with Crippen LogP contribution in [-0.2, 0) is 19.6 Å². The molecular formula is C24H30O5. The Bertz CT molecular complexity index is 697. The lowest BCUT2D eigenvalue weighted by molar-refractivity contribution is 0.102. The van der Waals surface area contributed by atoms with Crippen LogP contribution in [-0.4, -0.2) is 48.8 Å². The van der Waals surface area contributed by atoms with Gasteiger partial charge in [0.15, 0.2) is 0 Å². The van der Waals surface area contributed by atoms with E-state index in [0.29, 0.717) is 23.7 Å². The summed E-state index contributed by atoms with van der Waals surface area (Å²) >= 11 is 0. The molecule has 1 saturated carbocycles. The Morgan fingerprint density at radius 1 is 0.724 bits per heavy atom. The van der Waals surface area contributed by atoms with E-state index in [-0.39, 0.29) is 5.41 Å². The standard InChI is InChI=1S/C18H20O2.C6H10O3/c19-16-8-4-14(5-9-16)18(12-2-1-3-13-18)15-6-10-17(20)11-7-15;1(5-3-8-5)7-2-6-4-9-6/h4-11,19-20H,1-3,12-13H2;5-6H,1-4H2. The molecule has 5 rings (SSSR count). The van der Waals surface area contributed by atoms with Gasteiger partial charge in [-0.3, -0.25) is 0 Å². The third kappa shape index (κ3) is 5.50. The molecule has 1 aliphatic carbocycles. The van der Waals surface area contributed by atoms with Gasteiger partial charge in [-0.25, -0.2) is 0 Å². The number of phenols is 2. The van der Waals surface area contributed by atoms with Gasteiger partial charge in [-0.1, -0.05) is 43.5 Å². The molecule has 2 aliphatic heterocycles. The minimum absolute atomic E-state index is 0.0274. The van der Waals surface area contributed by atoms with Gasteiger partial charge >= 0.3 is 0 Å². The van der Waals surface area contributed by atoms with Gasteiger partial charge in [0.05, 0.1) is 26.4 Å². The Morgan fingerprint density at radius 3 is 1.52 bits per heavy atom.